The number of rotatable bonds is 2. The molecular weight excluding hydrogens is 203 g/mol. The first kappa shape index (κ1) is 10.8. The van der Waals surface area contributed by atoms with Crippen LogP contribution >= 0.6 is 0 Å². The Hall–Kier alpha value is -1.71. The smallest absolute Gasteiger partial charge is 0.302 e. The Morgan fingerprint density at radius 2 is 2.38 bits per heavy atom. The molecule has 0 amide bonds. The molecule has 2 rings (SSSR count). The number of esters is 1. The highest BCUT2D eigenvalue weighted by molar-refractivity contribution is 6.34. The molecule has 82 valence electrons. The molecule has 0 aromatic heterocycles. The number of carbonyl (C=O) groups is 1. The maximum absolute atomic E-state index is 10.7. The van der Waals surface area contributed by atoms with Gasteiger partial charge in [0.2, 0.25) is 0 Å². The van der Waals surface area contributed by atoms with Crippen LogP contribution in [0.25, 0.3) is 6.08 Å². The normalized spacial score (nSPS) is 17.4. The molecule has 0 aliphatic carbocycles. The lowest BCUT2D eigenvalue weighted by Gasteiger charge is -2.22. The Bertz CT molecular complexity index is 440. The van der Waals surface area contributed by atoms with Gasteiger partial charge in [0.25, 0.3) is 0 Å². The van der Waals surface area contributed by atoms with Gasteiger partial charge < -0.3 is 9.47 Å². The van der Waals surface area contributed by atoms with Crippen LogP contribution < -0.4 is 10.2 Å². The first-order chi connectivity index (χ1) is 7.66. The quantitative estimate of drug-likeness (QED) is 0.526. The summed E-state index contributed by atoms with van der Waals surface area (Å²) in [5.41, 5.74) is 2.16. The Labute approximate surface area is 95.5 Å². The molecule has 1 aliphatic heterocycles. The molecular formula is C12H13BO3. The van der Waals surface area contributed by atoms with Gasteiger partial charge in [-0.05, 0) is 11.5 Å². The van der Waals surface area contributed by atoms with Gasteiger partial charge >= 0.3 is 5.97 Å². The lowest BCUT2D eigenvalue weighted by atomic mass is 9.91. The fraction of sp³-hybridized carbons (Fsp3) is 0.250. The summed E-state index contributed by atoms with van der Waals surface area (Å²) in [6, 6.07) is 6.00. The van der Waals surface area contributed by atoms with Crippen LogP contribution in [0.2, 0.25) is 0 Å². The van der Waals surface area contributed by atoms with Gasteiger partial charge in [-0.2, -0.15) is 0 Å². The monoisotopic (exact) mass is 216 g/mol. The third-order valence-electron chi connectivity index (χ3n) is 2.45. The van der Waals surface area contributed by atoms with Gasteiger partial charge in [-0.25, -0.2) is 0 Å². The van der Waals surface area contributed by atoms with Gasteiger partial charge in [-0.15, -0.1) is 0 Å². The van der Waals surface area contributed by atoms with Gasteiger partial charge in [0.05, 0.1) is 0 Å². The highest BCUT2D eigenvalue weighted by Gasteiger charge is 2.16. The fourth-order valence-electron chi connectivity index (χ4n) is 1.66. The fourth-order valence-corrected chi connectivity index (χ4v) is 1.66. The zero-order valence-corrected chi connectivity index (χ0v) is 9.40. The first-order valence-corrected chi connectivity index (χ1v) is 5.24. The van der Waals surface area contributed by atoms with Crippen molar-refractivity contribution < 1.29 is 14.3 Å². The summed E-state index contributed by atoms with van der Waals surface area (Å²) in [7, 11) is 2.00. The molecule has 1 atom stereocenters. The Kier molecular flexibility index (Phi) is 2.99. The summed E-state index contributed by atoms with van der Waals surface area (Å²) in [4.78, 5) is 10.7. The molecule has 1 aliphatic rings. The predicted octanol–water partition coefficient (Wildman–Crippen LogP) is 0.282. The Balaban J connectivity index is 2.11. The van der Waals surface area contributed by atoms with E-state index >= 15 is 0 Å². The summed E-state index contributed by atoms with van der Waals surface area (Å²) >= 11 is 0. The molecule has 0 fully saturated rings. The number of hydrogen-bond acceptors (Lipinski definition) is 3. The largest absolute Gasteiger partial charge is 0.483 e. The summed E-state index contributed by atoms with van der Waals surface area (Å²) in [5, 5.41) is 0. The molecule has 1 aromatic carbocycles. The van der Waals surface area contributed by atoms with Crippen LogP contribution in [-0.4, -0.2) is 26.5 Å². The van der Waals surface area contributed by atoms with E-state index < -0.39 is 0 Å². The van der Waals surface area contributed by atoms with E-state index in [0.717, 1.165) is 16.8 Å². The highest BCUT2D eigenvalue weighted by Crippen LogP contribution is 2.23. The number of carbonyl (C=O) groups excluding carboxylic acids is 1. The van der Waals surface area contributed by atoms with Crippen molar-refractivity contribution in [1.29, 1.82) is 0 Å². The Morgan fingerprint density at radius 3 is 3.12 bits per heavy atom. The summed E-state index contributed by atoms with van der Waals surface area (Å²) in [6.07, 6.45) is 3.72. The van der Waals surface area contributed by atoms with Crippen LogP contribution in [0.15, 0.2) is 24.3 Å². The minimum absolute atomic E-state index is 0.183. The van der Waals surface area contributed by atoms with E-state index in [9.17, 15) is 4.79 Å². The minimum atomic E-state index is -0.285. The zero-order chi connectivity index (χ0) is 11.5. The number of fused-ring (bicyclic) bond motifs is 1. The maximum atomic E-state index is 10.7. The predicted molar refractivity (Wildman–Crippen MR) is 64.7 cm³/mol. The molecule has 4 heteroatoms. The van der Waals surface area contributed by atoms with Crippen LogP contribution in [0.5, 0.6) is 5.75 Å². The summed E-state index contributed by atoms with van der Waals surface area (Å²) < 4.78 is 10.7. The van der Waals surface area contributed by atoms with Gasteiger partial charge in [-0.1, -0.05) is 24.3 Å². The standard InChI is InChI=1S/C12H13BO3/c1-8(14)15-7-10-6-5-9-3-2-4-11(13)12(9)16-10/h2-6,10H,7,13H2,1H3/t10-/m1/s1. The second kappa shape index (κ2) is 4.43. The van der Waals surface area contributed by atoms with E-state index in [-0.39, 0.29) is 18.7 Å². The van der Waals surface area contributed by atoms with Crippen LogP contribution in [0, 0.1) is 0 Å². The van der Waals surface area contributed by atoms with Gasteiger partial charge in [0.15, 0.2) is 6.10 Å². The van der Waals surface area contributed by atoms with Crippen molar-refractivity contribution in [3.8, 4) is 5.75 Å². The molecule has 0 unspecified atom stereocenters. The molecule has 1 aromatic rings. The van der Waals surface area contributed by atoms with E-state index in [2.05, 4.69) is 0 Å². The highest BCUT2D eigenvalue weighted by atomic mass is 16.6. The number of para-hydroxylation sites is 1. The molecule has 0 bridgehead atoms. The SMILES string of the molecule is Bc1cccc2c1O[C@@H](COC(C)=O)C=C2. The lowest BCUT2D eigenvalue weighted by Crippen LogP contribution is -2.27. The average Bonchev–Trinajstić information content (AvgIpc) is 2.27. The third-order valence-corrected chi connectivity index (χ3v) is 2.45. The average molecular weight is 216 g/mol. The zero-order valence-electron chi connectivity index (χ0n) is 9.40. The number of hydrogen-bond donors (Lipinski definition) is 0. The molecule has 1 heterocycles. The molecule has 0 saturated carbocycles. The molecule has 16 heavy (non-hydrogen) atoms. The van der Waals surface area contributed by atoms with E-state index in [1.54, 1.807) is 0 Å². The van der Waals surface area contributed by atoms with E-state index in [0.29, 0.717) is 0 Å². The summed E-state index contributed by atoms with van der Waals surface area (Å²) in [6.45, 7) is 1.66. The number of ether oxygens (including phenoxy) is 2. The van der Waals surface area contributed by atoms with Crippen molar-refractivity contribution in [1.82, 2.24) is 0 Å². The van der Waals surface area contributed by atoms with E-state index in [1.807, 2.05) is 38.2 Å². The van der Waals surface area contributed by atoms with Crippen LogP contribution in [-0.2, 0) is 9.53 Å². The molecule has 0 N–H and O–H groups in total. The molecule has 3 nitrogen and oxygen atoms in total. The Morgan fingerprint density at radius 1 is 1.56 bits per heavy atom. The second-order valence-corrected chi connectivity index (χ2v) is 3.81. The van der Waals surface area contributed by atoms with Crippen LogP contribution in [0.4, 0.5) is 0 Å². The van der Waals surface area contributed by atoms with E-state index in [4.69, 9.17) is 9.47 Å². The van der Waals surface area contributed by atoms with Crippen LogP contribution in [0.1, 0.15) is 12.5 Å². The molecule has 0 spiro atoms. The topological polar surface area (TPSA) is 35.5 Å². The minimum Gasteiger partial charge on any atom is -0.483 e. The van der Waals surface area contributed by atoms with Crippen molar-refractivity contribution in [3.63, 3.8) is 0 Å². The number of benzene rings is 1. The van der Waals surface area contributed by atoms with Crippen molar-refractivity contribution in [2.45, 2.75) is 13.0 Å². The van der Waals surface area contributed by atoms with Crippen molar-refractivity contribution >= 4 is 25.4 Å². The van der Waals surface area contributed by atoms with Gasteiger partial charge in [-0.3, -0.25) is 4.79 Å². The second-order valence-electron chi connectivity index (χ2n) is 3.81. The first-order valence-electron chi connectivity index (χ1n) is 5.24. The van der Waals surface area contributed by atoms with Crippen molar-refractivity contribution in [2.24, 2.45) is 0 Å². The van der Waals surface area contributed by atoms with Gasteiger partial charge in [0.1, 0.15) is 20.2 Å². The third kappa shape index (κ3) is 2.27. The molecule has 0 saturated heterocycles. The van der Waals surface area contributed by atoms with Crippen LogP contribution in [0.3, 0.4) is 0 Å². The molecule has 0 radical (unpaired) electrons. The summed E-state index contributed by atoms with van der Waals surface area (Å²) in [5.74, 6) is 0.592. The van der Waals surface area contributed by atoms with E-state index in [1.165, 1.54) is 6.92 Å². The van der Waals surface area contributed by atoms with Crippen molar-refractivity contribution in [3.05, 3.63) is 29.8 Å². The lowest BCUT2D eigenvalue weighted by molar-refractivity contribution is -0.142. The van der Waals surface area contributed by atoms with Gasteiger partial charge in [0, 0.05) is 12.5 Å². The van der Waals surface area contributed by atoms with Crippen molar-refractivity contribution in [2.75, 3.05) is 6.61 Å². The maximum Gasteiger partial charge on any atom is 0.302 e.